The standard InChI is InChI=1S/C28H31Cl2N7O5/c1-4-22(38)33-18-8-37(16-12-42-13-16)9-19(18)35-28-31-7-14-5-17(34-27(26(14)36-28)32-15-10-41-11-15)23-24(29)20(39-2)6-21(40-3)25(23)30/h4-7,15-16,18-19H,1,8-13H2,2-3H3,(H,32,34)(H,33,38)(H,31,35,36)/t18-,19+/m0/s1. The van der Waals surface area contributed by atoms with Crippen molar-refractivity contribution >= 4 is 51.8 Å². The molecule has 3 saturated heterocycles. The van der Waals surface area contributed by atoms with Gasteiger partial charge in [-0.25, -0.2) is 15.0 Å². The summed E-state index contributed by atoms with van der Waals surface area (Å²) < 4.78 is 21.7. The minimum Gasteiger partial charge on any atom is -0.495 e. The largest absolute Gasteiger partial charge is 0.495 e. The Bertz CT molecular complexity index is 1490. The Balaban J connectivity index is 1.36. The Morgan fingerprint density at radius 1 is 1.02 bits per heavy atom. The van der Waals surface area contributed by atoms with Gasteiger partial charge < -0.3 is 34.9 Å². The smallest absolute Gasteiger partial charge is 0.243 e. The number of pyridine rings is 1. The monoisotopic (exact) mass is 615 g/mol. The number of fused-ring (bicyclic) bond motifs is 1. The molecular weight excluding hydrogens is 585 g/mol. The van der Waals surface area contributed by atoms with Crippen LogP contribution in [0.15, 0.2) is 31.0 Å². The van der Waals surface area contributed by atoms with Crippen molar-refractivity contribution in [1.29, 1.82) is 0 Å². The summed E-state index contributed by atoms with van der Waals surface area (Å²) in [6.07, 6.45) is 3.00. The van der Waals surface area contributed by atoms with Crippen LogP contribution < -0.4 is 25.4 Å². The van der Waals surface area contributed by atoms with Crippen LogP contribution in [0, 0.1) is 0 Å². The van der Waals surface area contributed by atoms with E-state index in [0.717, 1.165) is 5.39 Å². The van der Waals surface area contributed by atoms with E-state index in [1.54, 1.807) is 12.3 Å². The van der Waals surface area contributed by atoms with Gasteiger partial charge in [-0.2, -0.15) is 0 Å². The number of anilines is 2. The number of carbonyl (C=O) groups excluding carboxylic acids is 1. The molecule has 3 aliphatic rings. The van der Waals surface area contributed by atoms with Gasteiger partial charge >= 0.3 is 0 Å². The van der Waals surface area contributed by atoms with Gasteiger partial charge in [0.1, 0.15) is 17.0 Å². The van der Waals surface area contributed by atoms with Crippen LogP contribution >= 0.6 is 23.2 Å². The van der Waals surface area contributed by atoms with Crippen LogP contribution in [0.3, 0.4) is 0 Å². The van der Waals surface area contributed by atoms with E-state index in [0.29, 0.717) is 95.6 Å². The lowest BCUT2D eigenvalue weighted by Crippen LogP contribution is -2.49. The summed E-state index contributed by atoms with van der Waals surface area (Å²) in [5.41, 5.74) is 1.58. The van der Waals surface area contributed by atoms with Crippen molar-refractivity contribution in [2.24, 2.45) is 0 Å². The molecule has 0 spiro atoms. The highest BCUT2D eigenvalue weighted by molar-refractivity contribution is 6.41. The maximum atomic E-state index is 12.2. The number of carbonyl (C=O) groups is 1. The molecule has 3 fully saturated rings. The minimum absolute atomic E-state index is 0.0692. The van der Waals surface area contributed by atoms with E-state index in [-0.39, 0.29) is 24.0 Å². The molecule has 3 aromatic rings. The van der Waals surface area contributed by atoms with Gasteiger partial charge in [0, 0.05) is 36.3 Å². The van der Waals surface area contributed by atoms with Crippen LogP contribution in [0.1, 0.15) is 0 Å². The number of amides is 1. The van der Waals surface area contributed by atoms with Crippen LogP contribution in [0.25, 0.3) is 22.2 Å². The van der Waals surface area contributed by atoms with E-state index in [1.807, 2.05) is 6.07 Å². The molecule has 3 aliphatic heterocycles. The number of methoxy groups -OCH3 is 2. The number of benzene rings is 1. The van der Waals surface area contributed by atoms with E-state index in [4.69, 9.17) is 52.1 Å². The summed E-state index contributed by atoms with van der Waals surface area (Å²) in [7, 11) is 3.05. The Kier molecular flexibility index (Phi) is 8.24. The average molecular weight is 617 g/mol. The van der Waals surface area contributed by atoms with Gasteiger partial charge in [0.05, 0.1) is 80.6 Å². The maximum absolute atomic E-state index is 12.2. The fraction of sp³-hybridized carbons (Fsp3) is 0.429. The third-order valence-electron chi connectivity index (χ3n) is 7.69. The molecule has 12 nitrogen and oxygen atoms in total. The highest BCUT2D eigenvalue weighted by Gasteiger charge is 2.39. The first-order valence-corrected chi connectivity index (χ1v) is 14.3. The van der Waals surface area contributed by atoms with Gasteiger partial charge in [0.25, 0.3) is 0 Å². The number of aromatic nitrogens is 3. The summed E-state index contributed by atoms with van der Waals surface area (Å²) in [5, 5.41) is 11.2. The molecule has 2 aromatic heterocycles. The van der Waals surface area contributed by atoms with E-state index >= 15 is 0 Å². The Hall–Kier alpha value is -3.42. The third kappa shape index (κ3) is 5.52. The summed E-state index contributed by atoms with van der Waals surface area (Å²) in [6.45, 7) is 7.43. The highest BCUT2D eigenvalue weighted by atomic mass is 35.5. The quantitative estimate of drug-likeness (QED) is 0.291. The second kappa shape index (κ2) is 12.1. The first-order chi connectivity index (χ1) is 20.4. The molecular formula is C28H31Cl2N7O5. The van der Waals surface area contributed by atoms with Gasteiger partial charge in [-0.05, 0) is 12.1 Å². The second-order valence-corrected chi connectivity index (χ2v) is 11.1. The van der Waals surface area contributed by atoms with Gasteiger partial charge in [-0.15, -0.1) is 0 Å². The predicted octanol–water partition coefficient (Wildman–Crippen LogP) is 2.99. The maximum Gasteiger partial charge on any atom is 0.243 e. The lowest BCUT2D eigenvalue weighted by atomic mass is 10.1. The summed E-state index contributed by atoms with van der Waals surface area (Å²) in [6, 6.07) is 3.57. The number of nitrogens with one attached hydrogen (secondary N) is 3. The fourth-order valence-electron chi connectivity index (χ4n) is 5.23. The van der Waals surface area contributed by atoms with Crippen LogP contribution in [-0.2, 0) is 14.3 Å². The summed E-state index contributed by atoms with van der Waals surface area (Å²) >= 11 is 13.4. The molecule has 0 aliphatic carbocycles. The lowest BCUT2D eigenvalue weighted by molar-refractivity contribution is -0.117. The molecule has 42 heavy (non-hydrogen) atoms. The molecule has 0 radical (unpaired) electrons. The zero-order valence-electron chi connectivity index (χ0n) is 23.2. The predicted molar refractivity (Wildman–Crippen MR) is 160 cm³/mol. The number of ether oxygens (including phenoxy) is 4. The number of hydrogen-bond acceptors (Lipinski definition) is 11. The first kappa shape index (κ1) is 28.7. The molecule has 0 saturated carbocycles. The van der Waals surface area contributed by atoms with Crippen molar-refractivity contribution in [1.82, 2.24) is 25.2 Å². The first-order valence-electron chi connectivity index (χ1n) is 13.5. The molecule has 6 rings (SSSR count). The molecule has 5 heterocycles. The minimum atomic E-state index is -0.227. The number of nitrogens with zero attached hydrogens (tertiary/aromatic N) is 4. The Labute approximate surface area is 252 Å². The number of hydrogen-bond donors (Lipinski definition) is 3. The molecule has 0 bridgehead atoms. The van der Waals surface area contributed by atoms with Gasteiger partial charge in [-0.1, -0.05) is 29.8 Å². The third-order valence-corrected chi connectivity index (χ3v) is 8.44. The van der Waals surface area contributed by atoms with Crippen molar-refractivity contribution in [3.63, 3.8) is 0 Å². The van der Waals surface area contributed by atoms with Crippen molar-refractivity contribution < 1.29 is 23.7 Å². The van der Waals surface area contributed by atoms with Crippen LogP contribution in [0.2, 0.25) is 10.0 Å². The molecule has 1 amide bonds. The van der Waals surface area contributed by atoms with Gasteiger partial charge in [0.15, 0.2) is 5.82 Å². The molecule has 2 atom stereocenters. The zero-order chi connectivity index (χ0) is 29.4. The average Bonchev–Trinajstić information content (AvgIpc) is 3.30. The lowest BCUT2D eigenvalue weighted by Gasteiger charge is -2.34. The van der Waals surface area contributed by atoms with Crippen molar-refractivity contribution in [2.75, 3.05) is 64.4 Å². The summed E-state index contributed by atoms with van der Waals surface area (Å²) in [4.78, 5) is 28.8. The SMILES string of the molecule is C=CC(=O)N[C@H]1CN(C2COC2)C[C@H]1Nc1ncc2cc(-c3c(Cl)c(OC)cc(OC)c3Cl)nc(NC3COC3)c2n1. The van der Waals surface area contributed by atoms with E-state index in [2.05, 4.69) is 32.4 Å². The van der Waals surface area contributed by atoms with Crippen molar-refractivity contribution in [2.45, 2.75) is 24.2 Å². The molecule has 222 valence electrons. The van der Waals surface area contributed by atoms with Crippen LogP contribution in [-0.4, -0.2) is 104 Å². The van der Waals surface area contributed by atoms with Gasteiger partial charge in [-0.3, -0.25) is 9.69 Å². The van der Waals surface area contributed by atoms with E-state index in [1.165, 1.54) is 20.3 Å². The topological polar surface area (TPSA) is 132 Å². The van der Waals surface area contributed by atoms with E-state index < -0.39 is 0 Å². The van der Waals surface area contributed by atoms with Crippen molar-refractivity contribution in [3.05, 3.63) is 41.0 Å². The van der Waals surface area contributed by atoms with E-state index in [9.17, 15) is 4.79 Å². The zero-order valence-corrected chi connectivity index (χ0v) is 24.7. The normalized spacial score (nSPS) is 21.0. The summed E-state index contributed by atoms with van der Waals surface area (Å²) in [5.74, 6) is 1.54. The molecule has 3 N–H and O–H groups in total. The molecule has 1 aromatic carbocycles. The Morgan fingerprint density at radius 2 is 1.71 bits per heavy atom. The number of halogens is 2. The highest BCUT2D eigenvalue weighted by Crippen LogP contribution is 2.46. The van der Waals surface area contributed by atoms with Gasteiger partial charge in [0.2, 0.25) is 11.9 Å². The van der Waals surface area contributed by atoms with Crippen LogP contribution in [0.4, 0.5) is 11.8 Å². The molecule has 0 unspecified atom stereocenters. The second-order valence-electron chi connectivity index (χ2n) is 10.4. The Morgan fingerprint density at radius 3 is 2.31 bits per heavy atom. The number of rotatable bonds is 10. The van der Waals surface area contributed by atoms with Crippen LogP contribution in [0.5, 0.6) is 11.5 Å². The number of likely N-dealkylation sites (tertiary alicyclic amines) is 1. The van der Waals surface area contributed by atoms with Crippen molar-refractivity contribution in [3.8, 4) is 22.8 Å². The molecule has 14 heteroatoms. The fourth-order valence-corrected chi connectivity index (χ4v) is 5.92.